The predicted molar refractivity (Wildman–Crippen MR) is 126 cm³/mol. The second-order valence-corrected chi connectivity index (χ2v) is 9.71. The molecule has 171 valence electrons. The second kappa shape index (κ2) is 9.17. The number of aliphatic hydroxyl groups excluding tert-OH is 1. The maximum absolute atomic E-state index is 13.8. The van der Waals surface area contributed by atoms with E-state index in [0.717, 1.165) is 40.4 Å². The van der Waals surface area contributed by atoms with Crippen molar-refractivity contribution in [3.05, 3.63) is 64.7 Å². The molecule has 5 rings (SSSR count). The van der Waals surface area contributed by atoms with Crippen LogP contribution in [-0.2, 0) is 0 Å². The molecule has 3 aliphatic heterocycles. The highest BCUT2D eigenvalue weighted by molar-refractivity contribution is 7.15. The lowest BCUT2D eigenvalue weighted by molar-refractivity contribution is 0.0608. The zero-order valence-corrected chi connectivity index (χ0v) is 19.3. The van der Waals surface area contributed by atoms with Gasteiger partial charge in [-0.3, -0.25) is 4.79 Å². The number of amidine groups is 1. The van der Waals surface area contributed by atoms with Crippen LogP contribution in [0.3, 0.4) is 0 Å². The van der Waals surface area contributed by atoms with E-state index < -0.39 is 0 Å². The summed E-state index contributed by atoms with van der Waals surface area (Å²) >= 11 is 1.54. The number of halogens is 1. The van der Waals surface area contributed by atoms with Gasteiger partial charge in [0.05, 0.1) is 28.3 Å². The maximum atomic E-state index is 13.8. The van der Waals surface area contributed by atoms with Crippen molar-refractivity contribution >= 4 is 23.1 Å². The van der Waals surface area contributed by atoms with Crippen LogP contribution in [0.1, 0.15) is 41.2 Å². The third-order valence-electron chi connectivity index (χ3n) is 6.17. The molecule has 3 aliphatic rings. The van der Waals surface area contributed by atoms with E-state index in [2.05, 4.69) is 9.98 Å². The number of hydrogen-bond acceptors (Lipinski definition) is 7. The molecule has 0 aliphatic carbocycles. The molecule has 4 heterocycles. The lowest BCUT2D eigenvalue weighted by atomic mass is 9.97. The quantitative estimate of drug-likeness (QED) is 0.534. The molecule has 0 spiro atoms. The first kappa shape index (κ1) is 21.9. The molecular weight excluding hydrogens is 441 g/mol. The summed E-state index contributed by atoms with van der Waals surface area (Å²) in [6.07, 6.45) is 6.57. The number of piperidine rings is 1. The fraction of sp³-hybridized carbons (Fsp3) is 0.375. The van der Waals surface area contributed by atoms with Gasteiger partial charge in [-0.1, -0.05) is 39.7 Å². The molecule has 1 atom stereocenters. The Kier molecular flexibility index (Phi) is 6.09. The lowest BCUT2D eigenvalue weighted by Gasteiger charge is -2.35. The van der Waals surface area contributed by atoms with Crippen molar-refractivity contribution in [2.45, 2.75) is 38.6 Å². The van der Waals surface area contributed by atoms with Crippen LogP contribution in [0.15, 0.2) is 59.0 Å². The maximum Gasteiger partial charge on any atom is 0.290 e. The molecule has 33 heavy (non-hydrogen) atoms. The van der Waals surface area contributed by atoms with Crippen LogP contribution in [0.2, 0.25) is 0 Å². The third kappa shape index (κ3) is 4.36. The van der Waals surface area contributed by atoms with Gasteiger partial charge in [0.2, 0.25) is 6.67 Å². The number of thiazole rings is 1. The van der Waals surface area contributed by atoms with Crippen molar-refractivity contribution in [1.82, 2.24) is 19.9 Å². The van der Waals surface area contributed by atoms with Gasteiger partial charge in [-0.25, -0.2) is 4.98 Å². The van der Waals surface area contributed by atoms with E-state index in [1.807, 2.05) is 48.4 Å². The SMILES string of the molecule is Cc1nc(C(=O)N2CCCC[C@H]2CC2=C[N+]3CN(F)C=C(CO)C3=N2)c(-c2ccccc2)s1. The van der Waals surface area contributed by atoms with Crippen molar-refractivity contribution in [3.8, 4) is 10.4 Å². The van der Waals surface area contributed by atoms with Crippen LogP contribution in [0.25, 0.3) is 10.4 Å². The van der Waals surface area contributed by atoms with Gasteiger partial charge in [0.15, 0.2) is 6.20 Å². The smallest absolute Gasteiger partial charge is 0.290 e. The Hall–Kier alpha value is -2.88. The van der Waals surface area contributed by atoms with E-state index in [1.54, 1.807) is 16.2 Å². The molecule has 0 unspecified atom stereocenters. The Bertz CT molecular complexity index is 1140. The van der Waals surface area contributed by atoms with Gasteiger partial charge in [0.1, 0.15) is 11.4 Å². The Morgan fingerprint density at radius 2 is 2.12 bits per heavy atom. The summed E-state index contributed by atoms with van der Waals surface area (Å²) in [6, 6.07) is 9.91. The number of hydrogen-bond donors (Lipinski definition) is 1. The topological polar surface area (TPSA) is 74.9 Å². The molecule has 1 radical (unpaired) electrons. The average molecular weight is 468 g/mol. The minimum absolute atomic E-state index is 0.00290. The monoisotopic (exact) mass is 467 g/mol. The Morgan fingerprint density at radius 1 is 1.30 bits per heavy atom. The second-order valence-electron chi connectivity index (χ2n) is 8.51. The summed E-state index contributed by atoms with van der Waals surface area (Å²) in [5, 5.41) is 11.0. The lowest BCUT2D eigenvalue weighted by Crippen LogP contribution is -2.44. The number of fused-ring (bicyclic) bond motifs is 1. The summed E-state index contributed by atoms with van der Waals surface area (Å²) < 4.78 is 13.8. The number of rotatable bonds is 5. The normalized spacial score (nSPS) is 20.9. The Labute approximate surface area is 196 Å². The number of aliphatic imine (C=N–C) groups is 1. The van der Waals surface area contributed by atoms with Crippen molar-refractivity contribution in [3.63, 3.8) is 0 Å². The van der Waals surface area contributed by atoms with Gasteiger partial charge >= 0.3 is 0 Å². The first-order chi connectivity index (χ1) is 16.0. The number of aliphatic hydroxyl groups is 1. The van der Waals surface area contributed by atoms with Gasteiger partial charge in [-0.05, 0) is 31.7 Å². The highest BCUT2D eigenvalue weighted by Gasteiger charge is 2.39. The summed E-state index contributed by atoms with van der Waals surface area (Å²) in [7, 11) is 0. The van der Waals surface area contributed by atoms with E-state index in [9.17, 15) is 14.4 Å². The minimum atomic E-state index is -0.281. The van der Waals surface area contributed by atoms with Crippen molar-refractivity contribution in [1.29, 1.82) is 0 Å². The number of likely N-dealkylation sites (tertiary alicyclic amines) is 1. The fourth-order valence-corrected chi connectivity index (χ4v) is 5.59. The number of nitrogens with zero attached hydrogens (tertiary/aromatic N) is 5. The van der Waals surface area contributed by atoms with Crippen LogP contribution >= 0.6 is 11.3 Å². The summed E-state index contributed by atoms with van der Waals surface area (Å²) in [5.74, 6) is 0.536. The van der Waals surface area contributed by atoms with Crippen LogP contribution in [0, 0.1) is 6.92 Å². The van der Waals surface area contributed by atoms with Crippen LogP contribution in [-0.4, -0.2) is 57.7 Å². The molecule has 0 saturated carbocycles. The van der Waals surface area contributed by atoms with Gasteiger partial charge in [0.25, 0.3) is 11.7 Å². The minimum Gasteiger partial charge on any atom is -0.391 e. The summed E-state index contributed by atoms with van der Waals surface area (Å²) in [5.41, 5.74) is 2.75. The van der Waals surface area contributed by atoms with E-state index in [4.69, 9.17) is 0 Å². The first-order valence-electron chi connectivity index (χ1n) is 11.2. The zero-order chi connectivity index (χ0) is 22.9. The van der Waals surface area contributed by atoms with Gasteiger partial charge in [-0.15, -0.1) is 11.3 Å². The molecule has 1 amide bonds. The Balaban J connectivity index is 1.39. The number of carbonyl (C=O) groups is 1. The predicted octanol–water partition coefficient (Wildman–Crippen LogP) is 3.93. The van der Waals surface area contributed by atoms with E-state index in [0.29, 0.717) is 35.2 Å². The van der Waals surface area contributed by atoms with Crippen molar-refractivity contribution < 1.29 is 14.4 Å². The standard InChI is InChI=1S/C24H26FN5O2S/c1-16-26-21(22(33-16)17-7-3-2-4-8-17)24(32)30-10-6-5-9-20(30)11-19-13-28-15-29(25)12-18(14-31)23(28)27-19/h2-4,7-8,12-13,20,31H,5-6,9-11,14-15H2,1H3/q+1/t20-/m0/s1. The number of amides is 1. The fourth-order valence-electron chi connectivity index (χ4n) is 4.67. The van der Waals surface area contributed by atoms with E-state index >= 15 is 0 Å². The molecule has 7 nitrogen and oxygen atoms in total. The molecule has 1 aromatic carbocycles. The molecule has 0 bridgehead atoms. The molecular formula is C24H26FN5O2S+. The van der Waals surface area contributed by atoms with E-state index in [1.165, 1.54) is 6.20 Å². The number of benzene rings is 1. The number of carbonyl (C=O) groups excluding carboxylic acids is 1. The van der Waals surface area contributed by atoms with Crippen LogP contribution in [0.4, 0.5) is 4.48 Å². The van der Waals surface area contributed by atoms with Crippen molar-refractivity contribution in [2.75, 3.05) is 19.8 Å². The molecule has 1 fully saturated rings. The molecule has 1 saturated heterocycles. The molecule has 9 heteroatoms. The zero-order valence-electron chi connectivity index (χ0n) is 18.4. The van der Waals surface area contributed by atoms with Crippen LogP contribution < -0.4 is 4.90 Å². The number of aryl methyl sites for hydroxylation is 1. The molecule has 1 aromatic heterocycles. The highest BCUT2D eigenvalue weighted by atomic mass is 32.1. The molecule has 1 N–H and O–H groups in total. The van der Waals surface area contributed by atoms with Crippen LogP contribution in [0.5, 0.6) is 0 Å². The molecule has 2 aromatic rings. The summed E-state index contributed by atoms with van der Waals surface area (Å²) in [4.78, 5) is 27.5. The van der Waals surface area contributed by atoms with Gasteiger partial charge in [0, 0.05) is 19.0 Å². The highest BCUT2D eigenvalue weighted by Crippen LogP contribution is 2.34. The van der Waals surface area contributed by atoms with Gasteiger partial charge < -0.3 is 10.0 Å². The number of aromatic nitrogens is 1. The average Bonchev–Trinajstić information content (AvgIpc) is 3.42. The van der Waals surface area contributed by atoms with Crippen molar-refractivity contribution in [2.24, 2.45) is 4.99 Å². The largest absolute Gasteiger partial charge is 0.391 e. The van der Waals surface area contributed by atoms with Gasteiger partial charge in [-0.2, -0.15) is 10.1 Å². The summed E-state index contributed by atoms with van der Waals surface area (Å²) in [6.45, 7) is 2.37. The first-order valence-corrected chi connectivity index (χ1v) is 12.0. The Morgan fingerprint density at radius 3 is 2.91 bits per heavy atom. The van der Waals surface area contributed by atoms with E-state index in [-0.39, 0.29) is 25.2 Å². The third-order valence-corrected chi connectivity index (χ3v) is 7.19.